The summed E-state index contributed by atoms with van der Waals surface area (Å²) in [7, 11) is 3.10. The van der Waals surface area contributed by atoms with E-state index in [0.717, 1.165) is 28.4 Å². The molecule has 1 aromatic rings. The van der Waals surface area contributed by atoms with E-state index in [1.807, 2.05) is 24.3 Å². The molecular weight excluding hydrogens is 397 g/mol. The largest absolute Gasteiger partial charge is 0.465 e. The van der Waals surface area contributed by atoms with Gasteiger partial charge in [0.05, 0.1) is 0 Å². The normalized spacial score (nSPS) is 13.6. The van der Waals surface area contributed by atoms with Gasteiger partial charge < -0.3 is 14.6 Å². The van der Waals surface area contributed by atoms with Gasteiger partial charge in [-0.15, -0.1) is 0 Å². The maximum Gasteiger partial charge on any atom is 0.409 e. The summed E-state index contributed by atoms with van der Waals surface area (Å²) in [4.78, 5) is 12.5. The van der Waals surface area contributed by atoms with Crippen LogP contribution in [0.2, 0.25) is 0 Å². The van der Waals surface area contributed by atoms with E-state index in [1.54, 1.807) is 7.11 Å². The molecule has 0 spiro atoms. The Bertz CT molecular complexity index is 469. The summed E-state index contributed by atoms with van der Waals surface area (Å²) in [5.74, 6) is 0. The number of carboxylic acid groups (broad SMARTS) is 1. The minimum atomic E-state index is -1.00. The van der Waals surface area contributed by atoms with Crippen LogP contribution >= 0.6 is 22.6 Å². The fourth-order valence-corrected chi connectivity index (χ4v) is 2.75. The van der Waals surface area contributed by atoms with Gasteiger partial charge >= 0.3 is 6.09 Å². The van der Waals surface area contributed by atoms with E-state index in [4.69, 9.17) is 9.47 Å². The van der Waals surface area contributed by atoms with E-state index in [2.05, 4.69) is 29.5 Å². The van der Waals surface area contributed by atoms with Crippen molar-refractivity contribution in [1.29, 1.82) is 0 Å². The number of carbonyl (C=O) groups is 1. The Morgan fingerprint density at radius 1 is 1.36 bits per heavy atom. The molecule has 0 fully saturated rings. The van der Waals surface area contributed by atoms with Crippen molar-refractivity contribution in [2.45, 2.75) is 45.1 Å². The van der Waals surface area contributed by atoms with E-state index in [0.29, 0.717) is 6.42 Å². The molecular formula is C16H24INO4. The van der Waals surface area contributed by atoms with Gasteiger partial charge in [0, 0.05) is 23.3 Å². The highest BCUT2D eigenvalue weighted by Gasteiger charge is 2.25. The molecule has 5 nitrogen and oxygen atoms in total. The van der Waals surface area contributed by atoms with Crippen LogP contribution in [-0.4, -0.2) is 36.5 Å². The van der Waals surface area contributed by atoms with Crippen molar-refractivity contribution < 1.29 is 19.4 Å². The summed E-state index contributed by atoms with van der Waals surface area (Å²) in [6.07, 6.45) is 1.59. The van der Waals surface area contributed by atoms with Crippen LogP contribution in [0.25, 0.3) is 0 Å². The SMILES string of the molecule is CCCCC[C@H](O[C@H](OC)c1ccccc1I)N(C)C(=O)O. The number of hydrogen-bond donors (Lipinski definition) is 1. The van der Waals surface area contributed by atoms with Crippen LogP contribution in [0.3, 0.4) is 0 Å². The lowest BCUT2D eigenvalue weighted by Gasteiger charge is -2.30. The maximum atomic E-state index is 11.3. The van der Waals surface area contributed by atoms with Crippen LogP contribution < -0.4 is 0 Å². The van der Waals surface area contributed by atoms with Crippen LogP contribution in [0, 0.1) is 3.57 Å². The predicted octanol–water partition coefficient (Wildman–Crippen LogP) is 4.47. The second kappa shape index (κ2) is 10.0. The van der Waals surface area contributed by atoms with Crippen LogP contribution in [0.4, 0.5) is 4.79 Å². The molecule has 0 saturated heterocycles. The van der Waals surface area contributed by atoms with Crippen LogP contribution in [0.1, 0.15) is 44.5 Å². The number of nitrogens with zero attached hydrogens (tertiary/aromatic N) is 1. The van der Waals surface area contributed by atoms with Crippen molar-refractivity contribution in [2.24, 2.45) is 0 Å². The molecule has 124 valence electrons. The van der Waals surface area contributed by atoms with E-state index < -0.39 is 18.6 Å². The zero-order valence-corrected chi connectivity index (χ0v) is 15.4. The molecule has 0 unspecified atom stereocenters. The lowest BCUT2D eigenvalue weighted by Crippen LogP contribution is -2.39. The van der Waals surface area contributed by atoms with Crippen molar-refractivity contribution in [3.8, 4) is 0 Å². The molecule has 6 heteroatoms. The van der Waals surface area contributed by atoms with Gasteiger partial charge in [-0.2, -0.15) is 0 Å². The molecule has 1 rings (SSSR count). The first-order valence-corrected chi connectivity index (χ1v) is 8.47. The first-order chi connectivity index (χ1) is 10.5. The first kappa shape index (κ1) is 19.2. The van der Waals surface area contributed by atoms with Crippen molar-refractivity contribution in [3.05, 3.63) is 33.4 Å². The van der Waals surface area contributed by atoms with Crippen LogP contribution in [-0.2, 0) is 9.47 Å². The standard InChI is InChI=1S/C16H24INO4/c1-4-5-6-11-14(18(2)16(19)20)22-15(21-3)12-9-7-8-10-13(12)17/h7-10,14-15H,4-6,11H2,1-3H3,(H,19,20)/t14-,15-/m0/s1. The monoisotopic (exact) mass is 421 g/mol. The number of methoxy groups -OCH3 is 1. The second-order valence-electron chi connectivity index (χ2n) is 5.07. The quantitative estimate of drug-likeness (QED) is 0.363. The summed E-state index contributed by atoms with van der Waals surface area (Å²) < 4.78 is 12.4. The first-order valence-electron chi connectivity index (χ1n) is 7.39. The van der Waals surface area contributed by atoms with Crippen molar-refractivity contribution in [2.75, 3.05) is 14.2 Å². The van der Waals surface area contributed by atoms with Crippen LogP contribution in [0.5, 0.6) is 0 Å². The lowest BCUT2D eigenvalue weighted by atomic mass is 10.1. The average Bonchev–Trinajstić information content (AvgIpc) is 2.51. The number of ether oxygens (including phenoxy) is 2. The number of rotatable bonds is 9. The summed E-state index contributed by atoms with van der Waals surface area (Å²) in [5.41, 5.74) is 0.907. The zero-order chi connectivity index (χ0) is 16.5. The van der Waals surface area contributed by atoms with Crippen molar-refractivity contribution >= 4 is 28.7 Å². The molecule has 0 aromatic heterocycles. The molecule has 0 aliphatic carbocycles. The number of amides is 1. The zero-order valence-electron chi connectivity index (χ0n) is 13.3. The third-order valence-electron chi connectivity index (χ3n) is 3.44. The minimum Gasteiger partial charge on any atom is -0.465 e. The summed E-state index contributed by atoms with van der Waals surface area (Å²) in [6.45, 7) is 2.11. The minimum absolute atomic E-state index is 0.523. The average molecular weight is 421 g/mol. The Balaban J connectivity index is 2.85. The van der Waals surface area contributed by atoms with Crippen LogP contribution in [0.15, 0.2) is 24.3 Å². The topological polar surface area (TPSA) is 59.0 Å². The van der Waals surface area contributed by atoms with Gasteiger partial charge in [0.25, 0.3) is 0 Å². The third kappa shape index (κ3) is 5.73. The molecule has 22 heavy (non-hydrogen) atoms. The fraction of sp³-hybridized carbons (Fsp3) is 0.562. The predicted molar refractivity (Wildman–Crippen MR) is 93.7 cm³/mol. The Labute approximate surface area is 145 Å². The molecule has 1 N–H and O–H groups in total. The van der Waals surface area contributed by atoms with E-state index in [1.165, 1.54) is 11.9 Å². The van der Waals surface area contributed by atoms with Gasteiger partial charge in [-0.05, 0) is 41.5 Å². The van der Waals surface area contributed by atoms with E-state index >= 15 is 0 Å². The van der Waals surface area contributed by atoms with Gasteiger partial charge in [-0.3, -0.25) is 4.90 Å². The van der Waals surface area contributed by atoms with Crippen molar-refractivity contribution in [3.63, 3.8) is 0 Å². The Morgan fingerprint density at radius 3 is 2.59 bits per heavy atom. The number of unbranched alkanes of at least 4 members (excludes halogenated alkanes) is 2. The van der Waals surface area contributed by atoms with E-state index in [-0.39, 0.29) is 0 Å². The third-order valence-corrected chi connectivity index (χ3v) is 4.42. The highest BCUT2D eigenvalue weighted by atomic mass is 127. The molecule has 0 aliphatic heterocycles. The lowest BCUT2D eigenvalue weighted by molar-refractivity contribution is -0.192. The molecule has 0 aliphatic rings. The molecule has 1 aromatic carbocycles. The highest BCUT2D eigenvalue weighted by Crippen LogP contribution is 2.27. The summed E-state index contributed by atoms with van der Waals surface area (Å²) in [6, 6.07) is 7.76. The molecule has 1 amide bonds. The number of hydrogen-bond acceptors (Lipinski definition) is 3. The Morgan fingerprint density at radius 2 is 2.05 bits per heavy atom. The maximum absolute atomic E-state index is 11.3. The number of halogens is 1. The summed E-state index contributed by atoms with van der Waals surface area (Å²) in [5, 5.41) is 9.22. The van der Waals surface area contributed by atoms with Gasteiger partial charge in [0.15, 0.2) is 6.29 Å². The Hall–Kier alpha value is -0.860. The molecule has 0 bridgehead atoms. The molecule has 0 radical (unpaired) electrons. The van der Waals surface area contributed by atoms with Gasteiger partial charge in [-0.25, -0.2) is 4.79 Å². The molecule has 0 saturated carbocycles. The van der Waals surface area contributed by atoms with Gasteiger partial charge in [0.2, 0.25) is 0 Å². The summed E-state index contributed by atoms with van der Waals surface area (Å²) >= 11 is 2.22. The van der Waals surface area contributed by atoms with Gasteiger partial charge in [-0.1, -0.05) is 38.0 Å². The number of benzene rings is 1. The van der Waals surface area contributed by atoms with Gasteiger partial charge in [0.1, 0.15) is 6.23 Å². The fourth-order valence-electron chi connectivity index (χ4n) is 2.11. The molecule has 0 heterocycles. The Kier molecular flexibility index (Phi) is 8.74. The van der Waals surface area contributed by atoms with Crippen molar-refractivity contribution in [1.82, 2.24) is 4.90 Å². The highest BCUT2D eigenvalue weighted by molar-refractivity contribution is 14.1. The molecule has 2 atom stereocenters. The second-order valence-corrected chi connectivity index (χ2v) is 6.23. The van der Waals surface area contributed by atoms with E-state index in [9.17, 15) is 9.90 Å². The smallest absolute Gasteiger partial charge is 0.409 e.